The summed E-state index contributed by atoms with van der Waals surface area (Å²) in [6.07, 6.45) is 2.18. The highest BCUT2D eigenvalue weighted by Crippen LogP contribution is 2.11. The molecule has 1 aromatic rings. The van der Waals surface area contributed by atoms with Gasteiger partial charge in [-0.15, -0.1) is 0 Å². The third kappa shape index (κ3) is 11.4. The van der Waals surface area contributed by atoms with Crippen LogP contribution in [0.15, 0.2) is 24.3 Å². The summed E-state index contributed by atoms with van der Waals surface area (Å²) in [5.74, 6) is -0.416. The Morgan fingerprint density at radius 1 is 0.893 bits per heavy atom. The fourth-order valence-electron chi connectivity index (χ4n) is 2.42. The molecule has 0 atom stereocenters. The molecule has 0 aromatic heterocycles. The van der Waals surface area contributed by atoms with Crippen molar-refractivity contribution in [2.24, 2.45) is 0 Å². The minimum absolute atomic E-state index is 0.0196. The van der Waals surface area contributed by atoms with E-state index in [1.807, 2.05) is 19.1 Å². The van der Waals surface area contributed by atoms with Gasteiger partial charge < -0.3 is 14.8 Å². The zero-order chi connectivity index (χ0) is 20.8. The number of nitrogens with one attached hydrogen (secondary N) is 1. The molecular weight excluding hydrogens is 362 g/mol. The standard InChI is InChI=1S/C21H29NO6/c1-3-4-20(25)14-27-11-12-28-15-21(26)22-18-8-5-17(6-9-18)7-10-19(24)13-16(2)23/h5-6,8-9H,3-4,7,10-15H2,1-2H3,(H,22,26). The zero-order valence-electron chi connectivity index (χ0n) is 16.6. The van der Waals surface area contributed by atoms with Gasteiger partial charge >= 0.3 is 0 Å². The van der Waals surface area contributed by atoms with Gasteiger partial charge in [-0.1, -0.05) is 19.1 Å². The molecule has 7 heteroatoms. The van der Waals surface area contributed by atoms with Crippen molar-refractivity contribution in [1.29, 1.82) is 0 Å². The Morgan fingerprint density at radius 2 is 1.54 bits per heavy atom. The van der Waals surface area contributed by atoms with Crippen LogP contribution >= 0.6 is 0 Å². The smallest absolute Gasteiger partial charge is 0.250 e. The van der Waals surface area contributed by atoms with E-state index in [-0.39, 0.29) is 56.1 Å². The number of benzene rings is 1. The van der Waals surface area contributed by atoms with Gasteiger partial charge in [0, 0.05) is 18.5 Å². The minimum atomic E-state index is -0.286. The van der Waals surface area contributed by atoms with E-state index in [4.69, 9.17) is 9.47 Å². The number of ketones is 3. The molecule has 0 aliphatic heterocycles. The number of hydrogen-bond acceptors (Lipinski definition) is 6. The van der Waals surface area contributed by atoms with Crippen LogP contribution in [0, 0.1) is 0 Å². The molecule has 0 saturated carbocycles. The van der Waals surface area contributed by atoms with E-state index in [2.05, 4.69) is 5.32 Å². The number of rotatable bonds is 15. The van der Waals surface area contributed by atoms with Gasteiger partial charge in [-0.05, 0) is 37.5 Å². The Kier molecular flexibility index (Phi) is 11.6. The Morgan fingerprint density at radius 3 is 2.14 bits per heavy atom. The SMILES string of the molecule is CCCC(=O)COCCOCC(=O)Nc1ccc(CCC(=O)CC(C)=O)cc1. The molecule has 1 amide bonds. The molecule has 1 N–H and O–H groups in total. The summed E-state index contributed by atoms with van der Waals surface area (Å²) in [6.45, 7) is 3.81. The maximum atomic E-state index is 11.8. The van der Waals surface area contributed by atoms with E-state index in [1.54, 1.807) is 12.1 Å². The molecule has 1 rings (SSSR count). The topological polar surface area (TPSA) is 98.8 Å². The summed E-state index contributed by atoms with van der Waals surface area (Å²) in [5, 5.41) is 2.72. The molecule has 0 unspecified atom stereocenters. The fraction of sp³-hybridized carbons (Fsp3) is 0.524. The molecule has 0 aliphatic rings. The van der Waals surface area contributed by atoms with Crippen molar-refractivity contribution < 1.29 is 28.7 Å². The Bertz CT molecular complexity index is 653. The lowest BCUT2D eigenvalue weighted by molar-refractivity contribution is -0.126. The average molecular weight is 391 g/mol. The normalized spacial score (nSPS) is 10.5. The average Bonchev–Trinajstić information content (AvgIpc) is 2.63. The van der Waals surface area contributed by atoms with Crippen LogP contribution < -0.4 is 5.32 Å². The van der Waals surface area contributed by atoms with Gasteiger partial charge in [-0.3, -0.25) is 19.2 Å². The molecule has 0 aliphatic carbocycles. The first-order chi connectivity index (χ1) is 13.4. The van der Waals surface area contributed by atoms with Gasteiger partial charge in [-0.25, -0.2) is 0 Å². The van der Waals surface area contributed by atoms with Gasteiger partial charge in [0.05, 0.1) is 19.6 Å². The zero-order valence-corrected chi connectivity index (χ0v) is 16.6. The number of amides is 1. The summed E-state index contributed by atoms with van der Waals surface area (Å²) in [5.41, 5.74) is 1.59. The lowest BCUT2D eigenvalue weighted by Gasteiger charge is -2.08. The van der Waals surface area contributed by atoms with Crippen molar-refractivity contribution in [3.05, 3.63) is 29.8 Å². The maximum Gasteiger partial charge on any atom is 0.250 e. The number of carbonyl (C=O) groups is 4. The van der Waals surface area contributed by atoms with E-state index in [0.717, 1.165) is 12.0 Å². The molecule has 1 aromatic carbocycles. The van der Waals surface area contributed by atoms with E-state index in [0.29, 0.717) is 24.9 Å². The number of aryl methyl sites for hydroxylation is 1. The van der Waals surface area contributed by atoms with Gasteiger partial charge in [0.1, 0.15) is 24.8 Å². The minimum Gasteiger partial charge on any atom is -0.371 e. The van der Waals surface area contributed by atoms with Gasteiger partial charge in [0.15, 0.2) is 5.78 Å². The number of Topliss-reactive ketones (excluding diaryl/α,β-unsaturated/α-hetero) is 3. The fourth-order valence-corrected chi connectivity index (χ4v) is 2.42. The summed E-state index contributed by atoms with van der Waals surface area (Å²) >= 11 is 0. The van der Waals surface area contributed by atoms with Gasteiger partial charge in [0.25, 0.3) is 0 Å². The van der Waals surface area contributed by atoms with Crippen LogP contribution in [0.2, 0.25) is 0 Å². The molecule has 28 heavy (non-hydrogen) atoms. The van der Waals surface area contributed by atoms with Crippen LogP contribution in [0.4, 0.5) is 5.69 Å². The largest absolute Gasteiger partial charge is 0.371 e. The van der Waals surface area contributed by atoms with Gasteiger partial charge in [-0.2, -0.15) is 0 Å². The summed E-state index contributed by atoms with van der Waals surface area (Å²) in [7, 11) is 0. The second-order valence-corrected chi connectivity index (χ2v) is 6.56. The number of hydrogen-bond donors (Lipinski definition) is 1. The Balaban J connectivity index is 2.19. The molecule has 0 fully saturated rings. The van der Waals surface area contributed by atoms with Crippen LogP contribution in [0.3, 0.4) is 0 Å². The molecule has 0 bridgehead atoms. The number of carbonyl (C=O) groups excluding carboxylic acids is 4. The van der Waals surface area contributed by atoms with Crippen LogP contribution in [0.25, 0.3) is 0 Å². The van der Waals surface area contributed by atoms with Crippen LogP contribution in [0.1, 0.15) is 45.1 Å². The van der Waals surface area contributed by atoms with Crippen LogP contribution in [-0.4, -0.2) is 49.7 Å². The monoisotopic (exact) mass is 391 g/mol. The van der Waals surface area contributed by atoms with Crippen molar-refractivity contribution in [3.8, 4) is 0 Å². The van der Waals surface area contributed by atoms with E-state index in [9.17, 15) is 19.2 Å². The highest BCUT2D eigenvalue weighted by molar-refractivity contribution is 5.98. The molecule has 0 spiro atoms. The van der Waals surface area contributed by atoms with Crippen molar-refractivity contribution >= 4 is 28.9 Å². The molecule has 154 valence electrons. The molecule has 0 saturated heterocycles. The molecule has 0 radical (unpaired) electrons. The highest BCUT2D eigenvalue weighted by atomic mass is 16.5. The quantitative estimate of drug-likeness (QED) is 0.364. The predicted molar refractivity (Wildman–Crippen MR) is 105 cm³/mol. The van der Waals surface area contributed by atoms with E-state index >= 15 is 0 Å². The highest BCUT2D eigenvalue weighted by Gasteiger charge is 2.07. The van der Waals surface area contributed by atoms with Crippen molar-refractivity contribution in [3.63, 3.8) is 0 Å². The number of ether oxygens (including phenoxy) is 2. The van der Waals surface area contributed by atoms with Crippen LogP contribution in [0.5, 0.6) is 0 Å². The molecular formula is C21H29NO6. The summed E-state index contributed by atoms with van der Waals surface area (Å²) < 4.78 is 10.4. The lowest BCUT2D eigenvalue weighted by Crippen LogP contribution is -2.20. The first-order valence-corrected chi connectivity index (χ1v) is 9.47. The Hall–Kier alpha value is -2.38. The lowest BCUT2D eigenvalue weighted by atomic mass is 10.0. The maximum absolute atomic E-state index is 11.8. The molecule has 7 nitrogen and oxygen atoms in total. The second-order valence-electron chi connectivity index (χ2n) is 6.56. The van der Waals surface area contributed by atoms with Crippen molar-refractivity contribution in [1.82, 2.24) is 0 Å². The van der Waals surface area contributed by atoms with Gasteiger partial charge in [0.2, 0.25) is 5.91 Å². The predicted octanol–water partition coefficient (Wildman–Crippen LogP) is 2.51. The Labute approximate surface area is 165 Å². The second kappa shape index (κ2) is 13.7. The third-order valence-corrected chi connectivity index (χ3v) is 3.77. The first kappa shape index (κ1) is 23.7. The summed E-state index contributed by atoms with van der Waals surface area (Å²) in [4.78, 5) is 45.6. The van der Waals surface area contributed by atoms with Crippen molar-refractivity contribution in [2.45, 2.75) is 46.0 Å². The summed E-state index contributed by atoms with van der Waals surface area (Å²) in [6, 6.07) is 7.17. The van der Waals surface area contributed by atoms with E-state index in [1.165, 1.54) is 6.92 Å². The molecule has 0 heterocycles. The number of anilines is 1. The van der Waals surface area contributed by atoms with Crippen LogP contribution in [-0.2, 0) is 35.1 Å². The third-order valence-electron chi connectivity index (χ3n) is 3.77. The van der Waals surface area contributed by atoms with Crippen molar-refractivity contribution in [2.75, 3.05) is 31.7 Å². The van der Waals surface area contributed by atoms with E-state index < -0.39 is 0 Å². The first-order valence-electron chi connectivity index (χ1n) is 9.47.